The lowest BCUT2D eigenvalue weighted by Gasteiger charge is -2.60. The quantitative estimate of drug-likeness (QED) is 0.793. The highest BCUT2D eigenvalue weighted by Crippen LogP contribution is 2.60. The highest BCUT2D eigenvalue weighted by atomic mass is 79.9. The van der Waals surface area contributed by atoms with E-state index in [1.165, 1.54) is 25.5 Å². The van der Waals surface area contributed by atoms with Gasteiger partial charge in [-0.05, 0) is 50.4 Å². The van der Waals surface area contributed by atoms with Crippen molar-refractivity contribution in [3.05, 3.63) is 0 Å². The second-order valence-electron chi connectivity index (χ2n) is 6.27. The van der Waals surface area contributed by atoms with Gasteiger partial charge in [-0.1, -0.05) is 15.9 Å². The molecule has 0 aromatic rings. The molecule has 5 heteroatoms. The molecular weight excluding hydrogens is 290 g/mol. The molecule has 0 aliphatic heterocycles. The lowest BCUT2D eigenvalue weighted by Crippen LogP contribution is -2.63. The zero-order chi connectivity index (χ0) is 11.6. The summed E-state index contributed by atoms with van der Waals surface area (Å²) in [4.78, 5) is 0. The molecule has 16 heavy (non-hydrogen) atoms. The van der Waals surface area contributed by atoms with Crippen LogP contribution in [0, 0.1) is 11.8 Å². The van der Waals surface area contributed by atoms with Gasteiger partial charge < -0.3 is 0 Å². The van der Waals surface area contributed by atoms with Crippen molar-refractivity contribution in [3.63, 3.8) is 0 Å². The van der Waals surface area contributed by atoms with Gasteiger partial charge >= 0.3 is 0 Å². The smallest absolute Gasteiger partial charge is 0.209 e. The Balaban J connectivity index is 1.92. The first kappa shape index (κ1) is 11.5. The molecule has 4 atom stereocenters. The van der Waals surface area contributed by atoms with Gasteiger partial charge in [0, 0.05) is 9.86 Å². The molecule has 0 aromatic carbocycles. The molecule has 1 N–H and O–H groups in total. The van der Waals surface area contributed by atoms with Gasteiger partial charge in [0.15, 0.2) is 0 Å². The summed E-state index contributed by atoms with van der Waals surface area (Å²) < 4.78 is 26.1. The van der Waals surface area contributed by atoms with E-state index < -0.39 is 10.0 Å². The fourth-order valence-corrected chi connectivity index (χ4v) is 7.14. The van der Waals surface area contributed by atoms with Gasteiger partial charge in [-0.3, -0.25) is 0 Å². The molecule has 4 aliphatic carbocycles. The fourth-order valence-electron chi connectivity index (χ4n) is 4.66. The van der Waals surface area contributed by atoms with E-state index in [0.717, 1.165) is 31.1 Å². The highest BCUT2D eigenvalue weighted by molar-refractivity contribution is 9.10. The van der Waals surface area contributed by atoms with E-state index in [1.807, 2.05) is 0 Å². The summed E-state index contributed by atoms with van der Waals surface area (Å²) in [6.07, 6.45) is 8.12. The van der Waals surface area contributed by atoms with Gasteiger partial charge in [0.05, 0.1) is 6.26 Å². The first-order valence-electron chi connectivity index (χ1n) is 5.96. The maximum Gasteiger partial charge on any atom is 0.209 e. The van der Waals surface area contributed by atoms with Crippen molar-refractivity contribution in [3.8, 4) is 0 Å². The molecule has 0 saturated heterocycles. The van der Waals surface area contributed by atoms with E-state index in [0.29, 0.717) is 0 Å². The van der Waals surface area contributed by atoms with Crippen molar-refractivity contribution in [2.24, 2.45) is 11.8 Å². The van der Waals surface area contributed by atoms with E-state index in [4.69, 9.17) is 0 Å². The number of rotatable bonds is 2. The van der Waals surface area contributed by atoms with Gasteiger partial charge in [-0.25, -0.2) is 13.1 Å². The third-order valence-corrected chi connectivity index (χ3v) is 6.12. The average molecular weight is 308 g/mol. The van der Waals surface area contributed by atoms with Gasteiger partial charge in [0.1, 0.15) is 0 Å². The van der Waals surface area contributed by atoms with E-state index in [9.17, 15) is 8.42 Å². The third-order valence-electron chi connectivity index (χ3n) is 4.39. The molecule has 0 spiro atoms. The minimum Gasteiger partial charge on any atom is -0.213 e. The van der Waals surface area contributed by atoms with E-state index in [-0.39, 0.29) is 9.86 Å². The first-order valence-corrected chi connectivity index (χ1v) is 8.64. The second-order valence-corrected chi connectivity index (χ2v) is 9.70. The van der Waals surface area contributed by atoms with E-state index >= 15 is 0 Å². The molecule has 92 valence electrons. The van der Waals surface area contributed by atoms with Crippen LogP contribution in [-0.2, 0) is 10.0 Å². The predicted octanol–water partition coefficient (Wildman–Crippen LogP) is 2.02. The molecule has 0 radical (unpaired) electrons. The molecule has 4 fully saturated rings. The Morgan fingerprint density at radius 1 is 1.19 bits per heavy atom. The normalized spacial score (nSPS) is 50.9. The maximum absolute atomic E-state index is 11.5. The lowest BCUT2D eigenvalue weighted by molar-refractivity contribution is 0.0115. The standard InChI is InChI=1S/C11H18BrNO2S/c1-16(14,15)13-11-5-8-2-9(6-11)4-10(12,3-8)7-11/h8-9,13H,2-7H2,1H3/t8-,9?,10?,11?/m1/s1. The maximum atomic E-state index is 11.5. The minimum absolute atomic E-state index is 0.138. The fraction of sp³-hybridized carbons (Fsp3) is 1.00. The lowest BCUT2D eigenvalue weighted by atomic mass is 9.53. The van der Waals surface area contributed by atoms with Crippen molar-refractivity contribution in [1.29, 1.82) is 0 Å². The van der Waals surface area contributed by atoms with Gasteiger partial charge in [0.2, 0.25) is 10.0 Å². The molecule has 3 unspecified atom stereocenters. The van der Waals surface area contributed by atoms with Crippen molar-refractivity contribution < 1.29 is 8.42 Å². The van der Waals surface area contributed by atoms with Gasteiger partial charge in [0.25, 0.3) is 0 Å². The first-order chi connectivity index (χ1) is 7.28. The number of sulfonamides is 1. The molecule has 0 amide bonds. The minimum atomic E-state index is -3.08. The zero-order valence-electron chi connectivity index (χ0n) is 9.50. The van der Waals surface area contributed by atoms with Crippen LogP contribution in [0.1, 0.15) is 38.5 Å². The van der Waals surface area contributed by atoms with Crippen LogP contribution in [0.3, 0.4) is 0 Å². The van der Waals surface area contributed by atoms with Crippen LogP contribution in [0.15, 0.2) is 0 Å². The summed E-state index contributed by atoms with van der Waals surface area (Å²) in [6, 6.07) is 0. The van der Waals surface area contributed by atoms with Crippen molar-refractivity contribution in [2.75, 3.05) is 6.26 Å². The van der Waals surface area contributed by atoms with Crippen LogP contribution >= 0.6 is 15.9 Å². The Kier molecular flexibility index (Phi) is 2.32. The SMILES string of the molecule is CS(=O)(=O)NC12CC3C[C@H](CC(Br)(C3)C1)C2. The Morgan fingerprint density at radius 3 is 2.19 bits per heavy atom. The Labute approximate surface area is 106 Å². The summed E-state index contributed by atoms with van der Waals surface area (Å²) in [5.41, 5.74) is -0.138. The number of nitrogens with one attached hydrogen (secondary N) is 1. The molecule has 4 bridgehead atoms. The summed E-state index contributed by atoms with van der Waals surface area (Å²) in [5, 5.41) is 0. The van der Waals surface area contributed by atoms with Crippen LogP contribution in [-0.4, -0.2) is 24.5 Å². The second kappa shape index (κ2) is 3.23. The summed E-state index contributed by atoms with van der Waals surface area (Å²) in [6.45, 7) is 0. The van der Waals surface area contributed by atoms with E-state index in [2.05, 4.69) is 20.7 Å². The summed E-state index contributed by atoms with van der Waals surface area (Å²) >= 11 is 3.87. The van der Waals surface area contributed by atoms with E-state index in [1.54, 1.807) is 0 Å². The highest BCUT2D eigenvalue weighted by Gasteiger charge is 2.57. The molecule has 0 aromatic heterocycles. The Morgan fingerprint density at radius 2 is 1.75 bits per heavy atom. The molecule has 4 aliphatic rings. The number of hydrogen-bond acceptors (Lipinski definition) is 2. The number of hydrogen-bond donors (Lipinski definition) is 1. The molecule has 3 nitrogen and oxygen atoms in total. The Bertz CT molecular complexity index is 406. The van der Waals surface area contributed by atoms with Crippen LogP contribution in [0.2, 0.25) is 0 Å². The molecule has 4 rings (SSSR count). The van der Waals surface area contributed by atoms with Crippen molar-refractivity contribution in [1.82, 2.24) is 4.72 Å². The van der Waals surface area contributed by atoms with Crippen molar-refractivity contribution >= 4 is 26.0 Å². The zero-order valence-corrected chi connectivity index (χ0v) is 11.9. The van der Waals surface area contributed by atoms with Crippen LogP contribution < -0.4 is 4.72 Å². The third kappa shape index (κ3) is 1.95. The summed E-state index contributed by atoms with van der Waals surface area (Å²) in [5.74, 6) is 1.43. The molecular formula is C11H18BrNO2S. The van der Waals surface area contributed by atoms with Crippen LogP contribution in [0.4, 0.5) is 0 Å². The number of halogens is 1. The average Bonchev–Trinajstić information content (AvgIpc) is 1.91. The summed E-state index contributed by atoms with van der Waals surface area (Å²) in [7, 11) is -3.08. The number of alkyl halides is 1. The monoisotopic (exact) mass is 307 g/mol. The van der Waals surface area contributed by atoms with Crippen LogP contribution in [0.5, 0.6) is 0 Å². The van der Waals surface area contributed by atoms with Gasteiger partial charge in [-0.15, -0.1) is 0 Å². The van der Waals surface area contributed by atoms with Crippen LogP contribution in [0.25, 0.3) is 0 Å². The van der Waals surface area contributed by atoms with Gasteiger partial charge in [-0.2, -0.15) is 0 Å². The topological polar surface area (TPSA) is 46.2 Å². The Hall–Kier alpha value is 0.390. The molecule has 4 saturated carbocycles. The predicted molar refractivity (Wildman–Crippen MR) is 67.1 cm³/mol. The van der Waals surface area contributed by atoms with Crippen molar-refractivity contribution in [2.45, 2.75) is 48.4 Å². The largest absolute Gasteiger partial charge is 0.213 e. The molecule has 0 heterocycles.